The second kappa shape index (κ2) is 8.98. The molecule has 0 fully saturated rings. The summed E-state index contributed by atoms with van der Waals surface area (Å²) in [5.41, 5.74) is 3.14. The number of allylic oxidation sites excluding steroid dienone is 1. The first-order valence-electron chi connectivity index (χ1n) is 11.4. The first kappa shape index (κ1) is 22.1. The number of nitrogens with zero attached hydrogens (tertiary/aromatic N) is 2. The molecule has 0 bridgehead atoms. The molecule has 4 aromatic rings. The number of rotatable bonds is 4. The van der Waals surface area contributed by atoms with Gasteiger partial charge in [-0.3, -0.25) is 14.2 Å². The smallest absolute Gasteiger partial charge is 0.271 e. The van der Waals surface area contributed by atoms with Crippen molar-refractivity contribution in [3.05, 3.63) is 121 Å². The highest BCUT2D eigenvalue weighted by molar-refractivity contribution is 7.07. The monoisotopic (exact) mass is 495 g/mol. The standard InChI is InChI=1S/C28H21N3O4S/c1-17-24(26(32)30-20-10-6-3-7-11-20)25(19-8-4-2-5-9-19)31-27(33)23(36-28(31)29-17)15-18-12-13-21-22(14-18)35-16-34-21/h2-15,25H,16H2,1H3,(H,30,32)/b23-15+/t25-/m0/s1. The molecule has 8 heteroatoms. The Morgan fingerprint density at radius 1 is 1.03 bits per heavy atom. The molecule has 0 spiro atoms. The van der Waals surface area contributed by atoms with E-state index in [1.165, 1.54) is 11.3 Å². The summed E-state index contributed by atoms with van der Waals surface area (Å²) in [7, 11) is 0. The molecule has 6 rings (SSSR count). The SMILES string of the molecule is CC1=C(C(=O)Nc2ccccc2)[C@H](c2ccccc2)n2c(s/c(=C/c3ccc4c(c3)OCO4)c2=O)=N1. The molecular weight excluding hydrogens is 474 g/mol. The average Bonchev–Trinajstić information content (AvgIpc) is 3.48. The van der Waals surface area contributed by atoms with Gasteiger partial charge in [-0.2, -0.15) is 0 Å². The molecule has 0 saturated heterocycles. The van der Waals surface area contributed by atoms with E-state index < -0.39 is 6.04 Å². The Morgan fingerprint density at radius 3 is 2.53 bits per heavy atom. The fraction of sp³-hybridized carbons (Fsp3) is 0.107. The maximum absolute atomic E-state index is 13.7. The van der Waals surface area contributed by atoms with Gasteiger partial charge in [0.1, 0.15) is 0 Å². The summed E-state index contributed by atoms with van der Waals surface area (Å²) < 4.78 is 13.0. The number of benzene rings is 3. The van der Waals surface area contributed by atoms with Crippen LogP contribution in [0.1, 0.15) is 24.1 Å². The quantitative estimate of drug-likeness (QED) is 0.469. The first-order chi connectivity index (χ1) is 17.6. The molecule has 1 N–H and O–H groups in total. The maximum atomic E-state index is 13.7. The van der Waals surface area contributed by atoms with Crippen molar-refractivity contribution in [2.75, 3.05) is 12.1 Å². The third-order valence-corrected chi connectivity index (χ3v) is 7.09. The highest BCUT2D eigenvalue weighted by Gasteiger charge is 2.32. The van der Waals surface area contributed by atoms with Gasteiger partial charge < -0.3 is 14.8 Å². The summed E-state index contributed by atoms with van der Waals surface area (Å²) in [6, 6.07) is 23.8. The molecular formula is C28H21N3O4S. The van der Waals surface area contributed by atoms with Crippen LogP contribution in [0.3, 0.4) is 0 Å². The number of carbonyl (C=O) groups excluding carboxylic acids is 1. The van der Waals surface area contributed by atoms with Crippen LogP contribution in [0.2, 0.25) is 0 Å². The number of para-hydroxylation sites is 1. The van der Waals surface area contributed by atoms with E-state index in [0.29, 0.717) is 37.8 Å². The van der Waals surface area contributed by atoms with E-state index in [4.69, 9.17) is 9.47 Å². The molecule has 36 heavy (non-hydrogen) atoms. The van der Waals surface area contributed by atoms with Crippen molar-refractivity contribution in [3.8, 4) is 11.5 Å². The van der Waals surface area contributed by atoms with Crippen molar-refractivity contribution in [2.24, 2.45) is 4.99 Å². The van der Waals surface area contributed by atoms with Gasteiger partial charge in [-0.1, -0.05) is 65.9 Å². The highest BCUT2D eigenvalue weighted by Crippen LogP contribution is 2.33. The van der Waals surface area contributed by atoms with Crippen molar-refractivity contribution in [1.82, 2.24) is 4.57 Å². The van der Waals surface area contributed by atoms with Crippen LogP contribution in [0.5, 0.6) is 11.5 Å². The summed E-state index contributed by atoms with van der Waals surface area (Å²) >= 11 is 1.30. The average molecular weight is 496 g/mol. The molecule has 0 radical (unpaired) electrons. The number of carbonyl (C=O) groups is 1. The number of thiazole rings is 1. The van der Waals surface area contributed by atoms with Crippen LogP contribution in [0.25, 0.3) is 6.08 Å². The molecule has 2 aliphatic heterocycles. The van der Waals surface area contributed by atoms with Gasteiger partial charge in [-0.05, 0) is 48.4 Å². The van der Waals surface area contributed by atoms with E-state index >= 15 is 0 Å². The maximum Gasteiger partial charge on any atom is 0.271 e. The Labute approximate surface area is 210 Å². The summed E-state index contributed by atoms with van der Waals surface area (Å²) in [5, 5.41) is 2.96. The largest absolute Gasteiger partial charge is 0.454 e. The molecule has 7 nitrogen and oxygen atoms in total. The van der Waals surface area contributed by atoms with Gasteiger partial charge in [0.25, 0.3) is 11.5 Å². The van der Waals surface area contributed by atoms with Gasteiger partial charge in [-0.25, -0.2) is 4.99 Å². The zero-order chi connectivity index (χ0) is 24.6. The molecule has 1 aromatic heterocycles. The van der Waals surface area contributed by atoms with E-state index in [0.717, 1.165) is 11.1 Å². The molecule has 0 aliphatic carbocycles. The predicted octanol–water partition coefficient (Wildman–Crippen LogP) is 3.60. The van der Waals surface area contributed by atoms with Crippen molar-refractivity contribution in [3.63, 3.8) is 0 Å². The van der Waals surface area contributed by atoms with Crippen molar-refractivity contribution in [2.45, 2.75) is 13.0 Å². The summed E-state index contributed by atoms with van der Waals surface area (Å²) in [6.07, 6.45) is 1.82. The van der Waals surface area contributed by atoms with Crippen molar-refractivity contribution >= 4 is 29.0 Å². The van der Waals surface area contributed by atoms with E-state index in [9.17, 15) is 9.59 Å². The third-order valence-electron chi connectivity index (χ3n) is 6.11. The van der Waals surface area contributed by atoms with Gasteiger partial charge in [-0.15, -0.1) is 0 Å². The molecule has 3 aromatic carbocycles. The number of amides is 1. The van der Waals surface area contributed by atoms with E-state index in [2.05, 4.69) is 10.3 Å². The summed E-state index contributed by atoms with van der Waals surface area (Å²) in [4.78, 5) is 32.5. The fourth-order valence-electron chi connectivity index (χ4n) is 4.44. The lowest BCUT2D eigenvalue weighted by atomic mass is 9.95. The van der Waals surface area contributed by atoms with Crippen LogP contribution in [0, 0.1) is 0 Å². The van der Waals surface area contributed by atoms with Crippen LogP contribution in [0.15, 0.2) is 99.9 Å². The van der Waals surface area contributed by atoms with Gasteiger partial charge in [0.05, 0.1) is 21.8 Å². The molecule has 1 atom stereocenters. The minimum absolute atomic E-state index is 0.186. The second-order valence-corrected chi connectivity index (χ2v) is 9.43. The summed E-state index contributed by atoms with van der Waals surface area (Å²) in [5.74, 6) is 1.04. The Morgan fingerprint density at radius 2 is 1.75 bits per heavy atom. The molecule has 3 heterocycles. The van der Waals surface area contributed by atoms with Crippen molar-refractivity contribution < 1.29 is 14.3 Å². The minimum atomic E-state index is -0.606. The van der Waals surface area contributed by atoms with Gasteiger partial charge in [0, 0.05) is 5.69 Å². The third kappa shape index (κ3) is 3.91. The van der Waals surface area contributed by atoms with E-state index in [-0.39, 0.29) is 18.3 Å². The van der Waals surface area contributed by atoms with Crippen LogP contribution < -0.4 is 29.7 Å². The number of hydrogen-bond acceptors (Lipinski definition) is 6. The Hall–Kier alpha value is -4.43. The van der Waals surface area contributed by atoms with Crippen LogP contribution in [-0.2, 0) is 4.79 Å². The Kier molecular flexibility index (Phi) is 5.50. The highest BCUT2D eigenvalue weighted by atomic mass is 32.1. The molecule has 178 valence electrons. The lowest BCUT2D eigenvalue weighted by Crippen LogP contribution is -2.40. The molecule has 0 saturated carbocycles. The number of anilines is 1. The Balaban J connectivity index is 1.48. The van der Waals surface area contributed by atoms with Gasteiger partial charge in [0.2, 0.25) is 6.79 Å². The topological polar surface area (TPSA) is 81.9 Å². The Bertz CT molecular complexity index is 1690. The van der Waals surface area contributed by atoms with Crippen molar-refractivity contribution in [1.29, 1.82) is 0 Å². The van der Waals surface area contributed by atoms with E-state index in [1.807, 2.05) is 91.9 Å². The fourth-order valence-corrected chi connectivity index (χ4v) is 5.48. The predicted molar refractivity (Wildman–Crippen MR) is 138 cm³/mol. The zero-order valence-electron chi connectivity index (χ0n) is 19.3. The number of ether oxygens (including phenoxy) is 2. The van der Waals surface area contributed by atoms with Crippen LogP contribution in [0.4, 0.5) is 5.69 Å². The first-order valence-corrected chi connectivity index (χ1v) is 12.2. The van der Waals surface area contributed by atoms with Gasteiger partial charge >= 0.3 is 0 Å². The lowest BCUT2D eigenvalue weighted by molar-refractivity contribution is -0.113. The number of nitrogens with one attached hydrogen (secondary N) is 1. The van der Waals surface area contributed by atoms with Gasteiger partial charge in [0.15, 0.2) is 16.3 Å². The molecule has 0 unspecified atom stereocenters. The van der Waals surface area contributed by atoms with Crippen LogP contribution in [-0.4, -0.2) is 17.3 Å². The summed E-state index contributed by atoms with van der Waals surface area (Å²) in [6.45, 7) is 2.00. The normalized spacial score (nSPS) is 16.5. The van der Waals surface area contributed by atoms with Crippen LogP contribution >= 0.6 is 11.3 Å². The molecule has 2 aliphatic rings. The minimum Gasteiger partial charge on any atom is -0.454 e. The zero-order valence-corrected chi connectivity index (χ0v) is 20.1. The lowest BCUT2D eigenvalue weighted by Gasteiger charge is -2.25. The number of fused-ring (bicyclic) bond motifs is 2. The second-order valence-electron chi connectivity index (χ2n) is 8.43. The van der Waals surface area contributed by atoms with E-state index in [1.54, 1.807) is 4.57 Å². The number of hydrogen-bond donors (Lipinski definition) is 1. The number of aromatic nitrogens is 1. The molecule has 1 amide bonds.